The molecule has 0 saturated carbocycles. The molecule has 182 valence electrons. The molecule has 0 bridgehead atoms. The summed E-state index contributed by atoms with van der Waals surface area (Å²) in [6.07, 6.45) is 12.0. The van der Waals surface area contributed by atoms with Crippen LogP contribution in [0.25, 0.3) is 27.9 Å². The van der Waals surface area contributed by atoms with Gasteiger partial charge in [0.15, 0.2) is 5.65 Å². The number of nitrogens with one attached hydrogen (secondary N) is 2. The number of hydrogen-bond acceptors (Lipinski definition) is 5. The summed E-state index contributed by atoms with van der Waals surface area (Å²) in [5, 5.41) is 6.64. The number of rotatable bonds is 7. The van der Waals surface area contributed by atoms with E-state index >= 15 is 0 Å². The van der Waals surface area contributed by atoms with Crippen molar-refractivity contribution in [2.24, 2.45) is 0 Å². The lowest BCUT2D eigenvalue weighted by atomic mass is 9.92. The van der Waals surface area contributed by atoms with Gasteiger partial charge in [0.1, 0.15) is 17.4 Å². The van der Waals surface area contributed by atoms with E-state index in [0.717, 1.165) is 41.7 Å². The van der Waals surface area contributed by atoms with Gasteiger partial charge in [0.25, 0.3) is 5.56 Å². The summed E-state index contributed by atoms with van der Waals surface area (Å²) in [7, 11) is 1.62. The van der Waals surface area contributed by atoms with Crippen LogP contribution < -0.4 is 15.6 Å². The van der Waals surface area contributed by atoms with Crippen LogP contribution in [0.15, 0.2) is 78.3 Å². The SMILES string of the molecule is C=C/C(=C\C)c1[nH]n2c(=O)c(-c3ccc(OC)cc3)c(Nc3ccccn3)nc2c1C1=CCCCC1. The van der Waals surface area contributed by atoms with E-state index in [4.69, 9.17) is 9.72 Å². The first-order valence-corrected chi connectivity index (χ1v) is 12.1. The minimum atomic E-state index is -0.202. The topological polar surface area (TPSA) is 84.3 Å². The van der Waals surface area contributed by atoms with Crippen molar-refractivity contribution in [2.45, 2.75) is 32.6 Å². The predicted molar refractivity (Wildman–Crippen MR) is 146 cm³/mol. The molecule has 7 nitrogen and oxygen atoms in total. The van der Waals surface area contributed by atoms with Gasteiger partial charge in [0.05, 0.1) is 18.4 Å². The van der Waals surface area contributed by atoms with Crippen LogP contribution in [0, 0.1) is 0 Å². The highest BCUT2D eigenvalue weighted by atomic mass is 16.5. The molecular formula is C29H29N5O2. The Labute approximate surface area is 209 Å². The van der Waals surface area contributed by atoms with Crippen LogP contribution in [0.5, 0.6) is 5.75 Å². The molecule has 0 aliphatic heterocycles. The maximum Gasteiger partial charge on any atom is 0.282 e. The van der Waals surface area contributed by atoms with Crippen molar-refractivity contribution >= 4 is 28.4 Å². The van der Waals surface area contributed by atoms with E-state index in [1.807, 2.05) is 55.5 Å². The summed E-state index contributed by atoms with van der Waals surface area (Å²) in [6, 6.07) is 13.0. The van der Waals surface area contributed by atoms with Gasteiger partial charge < -0.3 is 10.1 Å². The van der Waals surface area contributed by atoms with Gasteiger partial charge in [-0.3, -0.25) is 9.89 Å². The average Bonchev–Trinajstić information content (AvgIpc) is 3.30. The highest BCUT2D eigenvalue weighted by Gasteiger charge is 2.24. The van der Waals surface area contributed by atoms with Crippen LogP contribution in [0.3, 0.4) is 0 Å². The summed E-state index contributed by atoms with van der Waals surface area (Å²) in [4.78, 5) is 23.5. The van der Waals surface area contributed by atoms with E-state index in [9.17, 15) is 4.79 Å². The lowest BCUT2D eigenvalue weighted by Crippen LogP contribution is -2.20. The van der Waals surface area contributed by atoms with Crippen LogP contribution in [0.2, 0.25) is 0 Å². The third-order valence-electron chi connectivity index (χ3n) is 6.50. The molecule has 4 aromatic rings. The smallest absolute Gasteiger partial charge is 0.282 e. The summed E-state index contributed by atoms with van der Waals surface area (Å²) >= 11 is 0. The van der Waals surface area contributed by atoms with E-state index in [1.54, 1.807) is 23.9 Å². The number of allylic oxidation sites excluding steroid dienone is 5. The van der Waals surface area contributed by atoms with E-state index in [1.165, 1.54) is 12.0 Å². The van der Waals surface area contributed by atoms with Gasteiger partial charge in [-0.15, -0.1) is 0 Å². The molecule has 2 N–H and O–H groups in total. The first kappa shape index (κ1) is 23.4. The molecule has 3 heterocycles. The molecule has 1 aliphatic carbocycles. The van der Waals surface area contributed by atoms with Gasteiger partial charge in [0, 0.05) is 11.8 Å². The highest BCUT2D eigenvalue weighted by Crippen LogP contribution is 2.36. The number of anilines is 2. The van der Waals surface area contributed by atoms with Crippen LogP contribution >= 0.6 is 0 Å². The fraction of sp³-hybridized carbons (Fsp3) is 0.207. The van der Waals surface area contributed by atoms with E-state index in [2.05, 4.69) is 28.1 Å². The fourth-order valence-corrected chi connectivity index (χ4v) is 4.68. The first-order valence-electron chi connectivity index (χ1n) is 12.1. The van der Waals surface area contributed by atoms with Crippen molar-refractivity contribution in [3.8, 4) is 16.9 Å². The molecule has 0 spiro atoms. The van der Waals surface area contributed by atoms with E-state index in [-0.39, 0.29) is 5.56 Å². The summed E-state index contributed by atoms with van der Waals surface area (Å²) in [6.45, 7) is 5.96. The Balaban J connectivity index is 1.82. The molecule has 36 heavy (non-hydrogen) atoms. The van der Waals surface area contributed by atoms with Crippen molar-refractivity contribution in [1.82, 2.24) is 19.6 Å². The van der Waals surface area contributed by atoms with E-state index < -0.39 is 0 Å². The minimum absolute atomic E-state index is 0.202. The normalized spacial score (nSPS) is 13.9. The number of benzene rings is 1. The van der Waals surface area contributed by atoms with Crippen molar-refractivity contribution < 1.29 is 4.74 Å². The molecule has 0 saturated heterocycles. The lowest BCUT2D eigenvalue weighted by Gasteiger charge is -2.15. The Kier molecular flexibility index (Phi) is 6.54. The van der Waals surface area contributed by atoms with Crippen molar-refractivity contribution in [3.05, 3.63) is 95.1 Å². The molecule has 0 radical (unpaired) electrons. The maximum absolute atomic E-state index is 14.1. The molecule has 7 heteroatoms. The Bertz CT molecular complexity index is 1530. The number of nitrogens with zero attached hydrogens (tertiary/aromatic N) is 3. The number of hydrogen-bond donors (Lipinski definition) is 2. The van der Waals surface area contributed by atoms with Crippen molar-refractivity contribution in [1.29, 1.82) is 0 Å². The molecule has 1 aliphatic rings. The fourth-order valence-electron chi connectivity index (χ4n) is 4.68. The standard InChI is InChI=1S/C29H29N5O2/c1-4-19(5-2)26-24(20-11-7-6-8-12-20)28-32-27(31-23-13-9-10-18-30-23)25(29(35)34(28)33-26)21-14-16-22(36-3)17-15-21/h4-5,9-11,13-18,33H,1,6-8,12H2,2-3H3,(H,30,31)/b19-5+. The number of ether oxygens (including phenoxy) is 1. The second kappa shape index (κ2) is 10.1. The zero-order chi connectivity index (χ0) is 25.1. The number of fused-ring (bicyclic) bond motifs is 1. The zero-order valence-electron chi connectivity index (χ0n) is 20.5. The Morgan fingerprint density at radius 3 is 2.64 bits per heavy atom. The average molecular weight is 480 g/mol. The van der Waals surface area contributed by atoms with Crippen molar-refractivity contribution in [2.75, 3.05) is 12.4 Å². The predicted octanol–water partition coefficient (Wildman–Crippen LogP) is 6.38. The number of H-pyrrole nitrogens is 1. The Morgan fingerprint density at radius 1 is 1.17 bits per heavy atom. The first-order chi connectivity index (χ1) is 17.6. The quantitative estimate of drug-likeness (QED) is 0.300. The summed E-state index contributed by atoms with van der Waals surface area (Å²) in [5.74, 6) is 1.77. The molecule has 0 amide bonds. The monoisotopic (exact) mass is 479 g/mol. The van der Waals surface area contributed by atoms with E-state index in [0.29, 0.717) is 28.6 Å². The molecule has 0 atom stereocenters. The van der Waals surface area contributed by atoms with Crippen LogP contribution in [0.4, 0.5) is 11.6 Å². The Morgan fingerprint density at radius 2 is 2.00 bits per heavy atom. The largest absolute Gasteiger partial charge is 0.497 e. The molecule has 5 rings (SSSR count). The summed E-state index contributed by atoms with van der Waals surface area (Å²) < 4.78 is 6.87. The van der Waals surface area contributed by atoms with Crippen LogP contribution in [0.1, 0.15) is 43.9 Å². The Hall–Kier alpha value is -4.39. The molecule has 0 fully saturated rings. The lowest BCUT2D eigenvalue weighted by molar-refractivity contribution is 0.415. The minimum Gasteiger partial charge on any atom is -0.497 e. The maximum atomic E-state index is 14.1. The third-order valence-corrected chi connectivity index (χ3v) is 6.50. The van der Waals surface area contributed by atoms with Gasteiger partial charge in [-0.2, -0.15) is 4.52 Å². The van der Waals surface area contributed by atoms with Gasteiger partial charge in [-0.1, -0.05) is 43.0 Å². The van der Waals surface area contributed by atoms with Gasteiger partial charge >= 0.3 is 0 Å². The number of aromatic nitrogens is 4. The molecule has 1 aromatic carbocycles. The molecular weight excluding hydrogens is 450 g/mol. The van der Waals surface area contributed by atoms with Gasteiger partial charge in [-0.25, -0.2) is 9.97 Å². The summed E-state index contributed by atoms with van der Waals surface area (Å²) in [5.41, 5.74) is 5.47. The molecule has 0 unspecified atom stereocenters. The number of methoxy groups -OCH3 is 1. The van der Waals surface area contributed by atoms with Gasteiger partial charge in [0.2, 0.25) is 0 Å². The van der Waals surface area contributed by atoms with Crippen LogP contribution in [-0.2, 0) is 0 Å². The molecule has 3 aromatic heterocycles. The zero-order valence-corrected chi connectivity index (χ0v) is 20.5. The van der Waals surface area contributed by atoms with Crippen LogP contribution in [-0.4, -0.2) is 26.7 Å². The third kappa shape index (κ3) is 4.24. The second-order valence-corrected chi connectivity index (χ2v) is 8.65. The number of pyridine rings is 1. The van der Waals surface area contributed by atoms with Gasteiger partial charge in [-0.05, 0) is 73.6 Å². The second-order valence-electron chi connectivity index (χ2n) is 8.65. The van der Waals surface area contributed by atoms with Crippen molar-refractivity contribution in [3.63, 3.8) is 0 Å². The highest BCUT2D eigenvalue weighted by molar-refractivity contribution is 5.90. The number of aromatic amines is 1.